The zero-order chi connectivity index (χ0) is 20.3. The fourth-order valence-electron chi connectivity index (χ4n) is 3.09. The second-order valence-corrected chi connectivity index (χ2v) is 6.72. The number of hydrogen-bond acceptors (Lipinski definition) is 5. The minimum atomic E-state index is -0.455. The second-order valence-electron chi connectivity index (χ2n) is 6.72. The molecule has 28 heavy (non-hydrogen) atoms. The number of hydrogen-bond donors (Lipinski definition) is 1. The first-order valence-corrected chi connectivity index (χ1v) is 9.00. The van der Waals surface area contributed by atoms with Crippen molar-refractivity contribution < 1.29 is 18.7 Å². The first kappa shape index (κ1) is 19.5. The van der Waals surface area contributed by atoms with Crippen molar-refractivity contribution in [2.45, 2.75) is 26.3 Å². The number of methoxy groups -OCH3 is 2. The lowest BCUT2D eigenvalue weighted by molar-refractivity contribution is 0.0944. The Morgan fingerprint density at radius 2 is 1.75 bits per heavy atom. The van der Waals surface area contributed by atoms with E-state index >= 15 is 0 Å². The minimum Gasteiger partial charge on any atom is -0.496 e. The van der Waals surface area contributed by atoms with Crippen molar-refractivity contribution in [1.29, 1.82) is 0 Å². The van der Waals surface area contributed by atoms with Crippen LogP contribution in [-0.4, -0.2) is 20.1 Å². The summed E-state index contributed by atoms with van der Waals surface area (Å²) < 4.78 is 15.9. The fourth-order valence-corrected chi connectivity index (χ4v) is 3.09. The van der Waals surface area contributed by atoms with Crippen molar-refractivity contribution in [3.63, 3.8) is 0 Å². The zero-order valence-electron chi connectivity index (χ0n) is 16.4. The van der Waals surface area contributed by atoms with E-state index in [0.717, 1.165) is 10.9 Å². The molecule has 0 saturated heterocycles. The summed E-state index contributed by atoms with van der Waals surface area (Å²) in [6.07, 6.45) is 0. The highest BCUT2D eigenvalue weighted by Gasteiger charge is 2.18. The summed E-state index contributed by atoms with van der Waals surface area (Å²) in [5, 5.41) is 3.66. The van der Waals surface area contributed by atoms with Crippen LogP contribution in [0.25, 0.3) is 11.0 Å². The minimum absolute atomic E-state index is 0.170. The van der Waals surface area contributed by atoms with E-state index in [1.54, 1.807) is 24.3 Å². The maximum absolute atomic E-state index is 12.8. The maximum atomic E-state index is 12.8. The van der Waals surface area contributed by atoms with Crippen molar-refractivity contribution >= 4 is 16.9 Å². The highest BCUT2D eigenvalue weighted by Crippen LogP contribution is 2.28. The third kappa shape index (κ3) is 3.86. The zero-order valence-corrected chi connectivity index (χ0v) is 16.4. The predicted molar refractivity (Wildman–Crippen MR) is 107 cm³/mol. The normalized spacial score (nSPS) is 10.9. The predicted octanol–water partition coefficient (Wildman–Crippen LogP) is 3.86. The summed E-state index contributed by atoms with van der Waals surface area (Å²) in [6.45, 7) is 4.36. The highest BCUT2D eigenvalue weighted by atomic mass is 16.5. The van der Waals surface area contributed by atoms with Crippen LogP contribution in [0, 0.1) is 0 Å². The van der Waals surface area contributed by atoms with Crippen LogP contribution in [0.3, 0.4) is 0 Å². The molecular formula is C22H23NO5. The molecule has 0 fully saturated rings. The lowest BCUT2D eigenvalue weighted by Crippen LogP contribution is -2.24. The van der Waals surface area contributed by atoms with E-state index in [0.29, 0.717) is 34.1 Å². The Morgan fingerprint density at radius 1 is 1.07 bits per heavy atom. The number of amides is 1. The van der Waals surface area contributed by atoms with Crippen LogP contribution < -0.4 is 20.4 Å². The molecule has 3 aromatic rings. The van der Waals surface area contributed by atoms with Gasteiger partial charge in [0.15, 0.2) is 0 Å². The Morgan fingerprint density at radius 3 is 2.36 bits per heavy atom. The van der Waals surface area contributed by atoms with Gasteiger partial charge in [-0.15, -0.1) is 0 Å². The van der Waals surface area contributed by atoms with Gasteiger partial charge in [0, 0.05) is 18.0 Å². The van der Waals surface area contributed by atoms with Crippen molar-refractivity contribution in [3.05, 3.63) is 69.6 Å². The van der Waals surface area contributed by atoms with Gasteiger partial charge in [0.05, 0.1) is 14.2 Å². The number of ether oxygens (including phenoxy) is 2. The van der Waals surface area contributed by atoms with Crippen LogP contribution >= 0.6 is 0 Å². The molecule has 0 aliphatic carbocycles. The number of carbonyl (C=O) groups excluding carboxylic acids is 1. The van der Waals surface area contributed by atoms with Gasteiger partial charge in [0.2, 0.25) is 0 Å². The topological polar surface area (TPSA) is 77.8 Å². The standard InChI is InChI=1S/C22H23NO5/c1-13(2)14-8-9-17-16(10-14)15(11-20(24)28-17)12-23-22(25)21-18(26-3)6-5-7-19(21)27-4/h5-11,13H,12H2,1-4H3,(H,23,25). The van der Waals surface area contributed by atoms with Gasteiger partial charge in [-0.1, -0.05) is 26.0 Å². The molecule has 0 spiro atoms. The highest BCUT2D eigenvalue weighted by molar-refractivity contribution is 5.99. The Kier molecular flexibility index (Phi) is 5.68. The molecule has 0 aliphatic heterocycles. The van der Waals surface area contributed by atoms with Crippen LogP contribution in [0.4, 0.5) is 0 Å². The van der Waals surface area contributed by atoms with E-state index in [2.05, 4.69) is 19.2 Å². The summed E-state index contributed by atoms with van der Waals surface area (Å²) in [5.74, 6) is 0.806. The van der Waals surface area contributed by atoms with Gasteiger partial charge < -0.3 is 19.2 Å². The van der Waals surface area contributed by atoms with Crippen LogP contribution in [-0.2, 0) is 6.54 Å². The van der Waals surface area contributed by atoms with E-state index in [1.165, 1.54) is 20.3 Å². The van der Waals surface area contributed by atoms with Crippen molar-refractivity contribution in [2.24, 2.45) is 0 Å². The van der Waals surface area contributed by atoms with Crippen LogP contribution in [0.2, 0.25) is 0 Å². The van der Waals surface area contributed by atoms with Gasteiger partial charge in [-0.3, -0.25) is 4.79 Å². The van der Waals surface area contributed by atoms with Gasteiger partial charge >= 0.3 is 5.63 Å². The van der Waals surface area contributed by atoms with Crippen LogP contribution in [0.5, 0.6) is 11.5 Å². The molecule has 0 aliphatic rings. The van der Waals surface area contributed by atoms with Crippen molar-refractivity contribution in [3.8, 4) is 11.5 Å². The number of benzene rings is 2. The smallest absolute Gasteiger partial charge is 0.336 e. The molecule has 0 unspecified atom stereocenters. The van der Waals surface area contributed by atoms with Crippen molar-refractivity contribution in [2.75, 3.05) is 14.2 Å². The monoisotopic (exact) mass is 381 g/mol. The Labute approximate surface area is 163 Å². The molecule has 0 atom stereocenters. The summed E-state index contributed by atoms with van der Waals surface area (Å²) in [5.41, 5.74) is 2.17. The Hall–Kier alpha value is -3.28. The summed E-state index contributed by atoms with van der Waals surface area (Å²) >= 11 is 0. The first-order valence-electron chi connectivity index (χ1n) is 9.00. The molecule has 3 rings (SSSR count). The van der Waals surface area contributed by atoms with E-state index in [-0.39, 0.29) is 12.5 Å². The number of rotatable bonds is 6. The molecule has 1 heterocycles. The number of fused-ring (bicyclic) bond motifs is 1. The van der Waals surface area contributed by atoms with E-state index in [4.69, 9.17) is 13.9 Å². The summed E-state index contributed by atoms with van der Waals surface area (Å²) in [6, 6.07) is 12.3. The molecule has 0 radical (unpaired) electrons. The largest absolute Gasteiger partial charge is 0.496 e. The molecular weight excluding hydrogens is 358 g/mol. The molecule has 0 bridgehead atoms. The van der Waals surface area contributed by atoms with Gasteiger partial charge in [0.1, 0.15) is 22.6 Å². The summed E-state index contributed by atoms with van der Waals surface area (Å²) in [7, 11) is 2.99. The van der Waals surface area contributed by atoms with E-state index in [1.807, 2.05) is 12.1 Å². The molecule has 6 heteroatoms. The average molecular weight is 381 g/mol. The average Bonchev–Trinajstić information content (AvgIpc) is 2.70. The molecule has 146 valence electrons. The molecule has 6 nitrogen and oxygen atoms in total. The quantitative estimate of drug-likeness (QED) is 0.656. The first-order chi connectivity index (χ1) is 13.4. The molecule has 1 N–H and O–H groups in total. The Balaban J connectivity index is 1.95. The summed E-state index contributed by atoms with van der Waals surface area (Å²) in [4.78, 5) is 24.7. The van der Waals surface area contributed by atoms with E-state index in [9.17, 15) is 9.59 Å². The molecule has 2 aromatic carbocycles. The van der Waals surface area contributed by atoms with Crippen LogP contribution in [0.15, 0.2) is 51.7 Å². The van der Waals surface area contributed by atoms with Gasteiger partial charge in [-0.05, 0) is 41.3 Å². The maximum Gasteiger partial charge on any atom is 0.336 e. The lowest BCUT2D eigenvalue weighted by atomic mass is 9.99. The third-order valence-corrected chi connectivity index (χ3v) is 4.61. The molecule has 1 amide bonds. The SMILES string of the molecule is COc1cccc(OC)c1C(=O)NCc1cc(=O)oc2ccc(C(C)C)cc12. The van der Waals surface area contributed by atoms with Gasteiger partial charge in [-0.25, -0.2) is 4.79 Å². The third-order valence-electron chi connectivity index (χ3n) is 4.61. The van der Waals surface area contributed by atoms with Gasteiger partial charge in [0.25, 0.3) is 5.91 Å². The molecule has 0 saturated carbocycles. The van der Waals surface area contributed by atoms with Crippen molar-refractivity contribution in [1.82, 2.24) is 5.32 Å². The van der Waals surface area contributed by atoms with Crippen LogP contribution in [0.1, 0.15) is 41.3 Å². The second kappa shape index (κ2) is 8.17. The molecule has 1 aromatic heterocycles. The van der Waals surface area contributed by atoms with E-state index < -0.39 is 5.63 Å². The fraction of sp³-hybridized carbons (Fsp3) is 0.273. The number of nitrogens with one attached hydrogen (secondary N) is 1. The van der Waals surface area contributed by atoms with Gasteiger partial charge in [-0.2, -0.15) is 0 Å². The Bertz CT molecular complexity index is 1050. The lowest BCUT2D eigenvalue weighted by Gasteiger charge is -2.14. The number of carbonyl (C=O) groups is 1.